The molecule has 196 valence electrons. The summed E-state index contributed by atoms with van der Waals surface area (Å²) < 4.78 is 21.8. The molecule has 0 radical (unpaired) electrons. The zero-order chi connectivity index (χ0) is 27.2. The van der Waals surface area contributed by atoms with Gasteiger partial charge in [0.15, 0.2) is 5.58 Å². The van der Waals surface area contributed by atoms with Crippen LogP contribution in [0, 0.1) is 12.7 Å². The second-order valence-electron chi connectivity index (χ2n) is 10.6. The minimum absolute atomic E-state index is 0.171. The van der Waals surface area contributed by atoms with Crippen LogP contribution in [0.1, 0.15) is 17.3 Å². The van der Waals surface area contributed by atoms with Crippen LogP contribution in [0.5, 0.6) is 0 Å². The first-order valence-corrected chi connectivity index (χ1v) is 14.4. The number of thiophene rings is 1. The number of benzene rings is 5. The van der Waals surface area contributed by atoms with Gasteiger partial charge in [0.25, 0.3) is 0 Å². The first-order chi connectivity index (χ1) is 20.1. The number of furan rings is 1. The van der Waals surface area contributed by atoms with E-state index in [1.165, 1.54) is 11.6 Å². The number of hydrogen-bond acceptors (Lipinski definition) is 5. The normalized spacial score (nSPS) is 15.0. The van der Waals surface area contributed by atoms with Gasteiger partial charge in [-0.2, -0.15) is 0 Å². The van der Waals surface area contributed by atoms with Crippen LogP contribution in [0.4, 0.5) is 21.5 Å². The molecule has 0 fully saturated rings. The van der Waals surface area contributed by atoms with Crippen LogP contribution >= 0.6 is 11.3 Å². The fraction of sp³-hybridized carbons (Fsp3) is 0.0571. The van der Waals surface area contributed by atoms with Crippen LogP contribution in [0.2, 0.25) is 0 Å². The van der Waals surface area contributed by atoms with Gasteiger partial charge >= 0.3 is 0 Å². The predicted molar refractivity (Wildman–Crippen MR) is 168 cm³/mol. The summed E-state index contributed by atoms with van der Waals surface area (Å²) in [7, 11) is 0. The Kier molecular flexibility index (Phi) is 4.61. The van der Waals surface area contributed by atoms with Crippen LogP contribution in [-0.2, 0) is 0 Å². The molecule has 0 saturated carbocycles. The van der Waals surface area contributed by atoms with Crippen LogP contribution in [-0.4, -0.2) is 4.98 Å². The van der Waals surface area contributed by atoms with Gasteiger partial charge in [0.05, 0.1) is 22.6 Å². The quantitative estimate of drug-likeness (QED) is 0.232. The van der Waals surface area contributed by atoms with E-state index in [1.807, 2.05) is 12.1 Å². The molecule has 6 heteroatoms. The molecule has 1 N–H and O–H groups in total. The molecule has 1 aliphatic rings. The minimum Gasteiger partial charge on any atom is -0.454 e. The number of aromatic nitrogens is 1. The van der Waals surface area contributed by atoms with Crippen molar-refractivity contribution >= 4 is 81.5 Å². The lowest BCUT2D eigenvalue weighted by Crippen LogP contribution is -2.23. The Morgan fingerprint density at radius 3 is 2.63 bits per heavy atom. The van der Waals surface area contributed by atoms with E-state index in [0.717, 1.165) is 75.8 Å². The third-order valence-corrected chi connectivity index (χ3v) is 9.42. The highest BCUT2D eigenvalue weighted by molar-refractivity contribution is 7.25. The molecule has 4 nitrogen and oxygen atoms in total. The molecular weight excluding hydrogens is 529 g/mol. The maximum atomic E-state index is 14.0. The third kappa shape index (κ3) is 3.22. The molecule has 1 unspecified atom stereocenters. The molecule has 5 aromatic carbocycles. The van der Waals surface area contributed by atoms with Crippen molar-refractivity contribution in [2.75, 3.05) is 10.2 Å². The van der Waals surface area contributed by atoms with E-state index in [9.17, 15) is 4.39 Å². The Morgan fingerprint density at radius 2 is 1.68 bits per heavy atom. The van der Waals surface area contributed by atoms with Gasteiger partial charge in [0.1, 0.15) is 22.4 Å². The van der Waals surface area contributed by atoms with E-state index in [-0.39, 0.29) is 12.0 Å². The van der Waals surface area contributed by atoms with Gasteiger partial charge in [-0.15, -0.1) is 11.3 Å². The van der Waals surface area contributed by atoms with Crippen LogP contribution in [0.25, 0.3) is 53.1 Å². The van der Waals surface area contributed by atoms with E-state index < -0.39 is 0 Å². The average molecular weight is 552 g/mol. The lowest BCUT2D eigenvalue weighted by Gasteiger charge is -2.28. The second-order valence-corrected chi connectivity index (χ2v) is 11.6. The first kappa shape index (κ1) is 22.8. The highest BCUT2D eigenvalue weighted by atomic mass is 32.1. The molecule has 8 aromatic rings. The fourth-order valence-electron chi connectivity index (χ4n) is 6.41. The van der Waals surface area contributed by atoms with Gasteiger partial charge in [-0.05, 0) is 61.0 Å². The summed E-state index contributed by atoms with van der Waals surface area (Å²) in [4.78, 5) is 8.23. The molecule has 0 spiro atoms. The summed E-state index contributed by atoms with van der Waals surface area (Å²) in [6, 6.07) is 34.3. The monoisotopic (exact) mass is 551 g/mol. The number of rotatable bonds is 2. The molecule has 41 heavy (non-hydrogen) atoms. The van der Waals surface area contributed by atoms with Crippen molar-refractivity contribution in [3.05, 3.63) is 120 Å². The number of hydrogen-bond donors (Lipinski definition) is 1. The molecular formula is C35H22FN3OS. The largest absolute Gasteiger partial charge is 0.454 e. The second kappa shape index (κ2) is 8.29. The summed E-state index contributed by atoms with van der Waals surface area (Å²) >= 11 is 1.69. The highest BCUT2D eigenvalue weighted by Gasteiger charge is 2.34. The SMILES string of the molecule is Cc1ccc(N2c3ccccc3NC2c2cccc3c2sc2nc4ccc(F)cc4cc23)c2oc3ccccc3c12. The van der Waals surface area contributed by atoms with E-state index >= 15 is 0 Å². The average Bonchev–Trinajstić information content (AvgIpc) is 3.68. The number of halogens is 1. The Morgan fingerprint density at radius 1 is 0.829 bits per heavy atom. The predicted octanol–water partition coefficient (Wildman–Crippen LogP) is 10.2. The van der Waals surface area contributed by atoms with Crippen LogP contribution in [0.15, 0.2) is 108 Å². The lowest BCUT2D eigenvalue weighted by atomic mass is 10.0. The van der Waals surface area contributed by atoms with Gasteiger partial charge in [-0.1, -0.05) is 54.6 Å². The van der Waals surface area contributed by atoms with Crippen molar-refractivity contribution in [1.29, 1.82) is 0 Å². The highest BCUT2D eigenvalue weighted by Crippen LogP contribution is 2.51. The Balaban J connectivity index is 1.31. The number of para-hydroxylation sites is 3. The van der Waals surface area contributed by atoms with Crippen molar-refractivity contribution < 1.29 is 8.81 Å². The number of aryl methyl sites for hydroxylation is 1. The topological polar surface area (TPSA) is 41.3 Å². The van der Waals surface area contributed by atoms with E-state index in [0.29, 0.717) is 0 Å². The zero-order valence-electron chi connectivity index (χ0n) is 22.0. The van der Waals surface area contributed by atoms with Crippen molar-refractivity contribution in [2.24, 2.45) is 0 Å². The Hall–Kier alpha value is -4.94. The number of pyridine rings is 1. The molecule has 0 saturated heterocycles. The van der Waals surface area contributed by atoms with Gasteiger partial charge < -0.3 is 14.6 Å². The standard InChI is InChI=1S/C35H22FN3OS/c1-19-13-16-29(32-31(19)23-7-2-5-12-30(23)40-32)39-28-11-4-3-10-27(28)37-34(39)24-9-6-8-22-25-18-20-17-21(36)14-15-26(20)38-35(25)41-33(22)24/h2-18,34,37H,1H3. The Labute approximate surface area is 238 Å². The van der Waals surface area contributed by atoms with E-state index in [1.54, 1.807) is 23.5 Å². The van der Waals surface area contributed by atoms with Crippen molar-refractivity contribution in [2.45, 2.75) is 13.1 Å². The maximum absolute atomic E-state index is 14.0. The Bertz CT molecular complexity index is 2350. The molecule has 0 bridgehead atoms. The van der Waals surface area contributed by atoms with Crippen molar-refractivity contribution in [1.82, 2.24) is 4.98 Å². The molecule has 0 amide bonds. The van der Waals surface area contributed by atoms with E-state index in [2.05, 4.69) is 89.9 Å². The summed E-state index contributed by atoms with van der Waals surface area (Å²) in [6.45, 7) is 2.14. The molecule has 3 aromatic heterocycles. The van der Waals surface area contributed by atoms with Gasteiger partial charge in [-0.25, -0.2) is 9.37 Å². The fourth-order valence-corrected chi connectivity index (χ4v) is 7.61. The smallest absolute Gasteiger partial charge is 0.159 e. The first-order valence-electron chi connectivity index (χ1n) is 13.6. The number of anilines is 3. The van der Waals surface area contributed by atoms with Gasteiger partial charge in [0.2, 0.25) is 0 Å². The minimum atomic E-state index is -0.252. The summed E-state index contributed by atoms with van der Waals surface area (Å²) in [5.74, 6) is -0.252. The number of nitrogens with zero attached hydrogens (tertiary/aromatic N) is 2. The summed E-state index contributed by atoms with van der Waals surface area (Å²) in [6.07, 6.45) is -0.171. The summed E-state index contributed by atoms with van der Waals surface area (Å²) in [5.41, 5.74) is 8.09. The molecule has 0 aliphatic carbocycles. The van der Waals surface area contributed by atoms with Crippen molar-refractivity contribution in [3.63, 3.8) is 0 Å². The molecule has 1 atom stereocenters. The van der Waals surface area contributed by atoms with Crippen molar-refractivity contribution in [3.8, 4) is 0 Å². The lowest BCUT2D eigenvalue weighted by molar-refractivity contribution is 0.629. The molecule has 1 aliphatic heterocycles. The van der Waals surface area contributed by atoms with Crippen LogP contribution < -0.4 is 10.2 Å². The molecule has 9 rings (SSSR count). The van der Waals surface area contributed by atoms with E-state index in [4.69, 9.17) is 9.40 Å². The molecule has 4 heterocycles. The maximum Gasteiger partial charge on any atom is 0.159 e. The zero-order valence-corrected chi connectivity index (χ0v) is 22.8. The third-order valence-electron chi connectivity index (χ3n) is 8.26. The van der Waals surface area contributed by atoms with Crippen LogP contribution in [0.3, 0.4) is 0 Å². The number of nitrogens with one attached hydrogen (secondary N) is 1. The summed E-state index contributed by atoms with van der Waals surface area (Å²) in [5, 5.41) is 9.05. The van der Waals surface area contributed by atoms with Gasteiger partial charge in [0, 0.05) is 37.2 Å². The van der Waals surface area contributed by atoms with Gasteiger partial charge in [-0.3, -0.25) is 0 Å². The number of fused-ring (bicyclic) bond motifs is 8.